The summed E-state index contributed by atoms with van der Waals surface area (Å²) >= 11 is 0. The van der Waals surface area contributed by atoms with Crippen molar-refractivity contribution in [2.24, 2.45) is 7.05 Å². The lowest BCUT2D eigenvalue weighted by molar-refractivity contribution is 0.203. The van der Waals surface area contributed by atoms with Crippen molar-refractivity contribution < 1.29 is 9.52 Å². The van der Waals surface area contributed by atoms with Crippen LogP contribution in [0.25, 0.3) is 0 Å². The van der Waals surface area contributed by atoms with E-state index in [0.717, 1.165) is 37.4 Å². The molecule has 0 spiro atoms. The van der Waals surface area contributed by atoms with Crippen molar-refractivity contribution in [3.8, 4) is 0 Å². The van der Waals surface area contributed by atoms with Crippen molar-refractivity contribution in [1.29, 1.82) is 0 Å². The first-order valence-corrected chi connectivity index (χ1v) is 9.28. The van der Waals surface area contributed by atoms with Crippen LogP contribution < -0.4 is 0 Å². The molecule has 4 heterocycles. The SMILES string of the molecule is CC(C)c1nnc(CN2CCCn3nc(C(O)c4ccnn4C)cc3C2)o1. The van der Waals surface area contributed by atoms with Crippen molar-refractivity contribution in [3.63, 3.8) is 0 Å². The lowest BCUT2D eigenvalue weighted by Gasteiger charge is -2.16. The van der Waals surface area contributed by atoms with E-state index in [0.29, 0.717) is 24.0 Å². The first-order valence-electron chi connectivity index (χ1n) is 9.28. The Morgan fingerprint density at radius 3 is 2.81 bits per heavy atom. The van der Waals surface area contributed by atoms with E-state index in [1.165, 1.54) is 0 Å². The topological polar surface area (TPSA) is 98.0 Å². The van der Waals surface area contributed by atoms with Gasteiger partial charge in [0.2, 0.25) is 11.8 Å². The van der Waals surface area contributed by atoms with Crippen molar-refractivity contribution in [2.75, 3.05) is 6.54 Å². The molecule has 144 valence electrons. The normalized spacial score (nSPS) is 16.5. The third kappa shape index (κ3) is 3.65. The van der Waals surface area contributed by atoms with Crippen LogP contribution in [0, 0.1) is 0 Å². The zero-order chi connectivity index (χ0) is 19.0. The van der Waals surface area contributed by atoms with E-state index in [2.05, 4.69) is 25.3 Å². The molecule has 1 atom stereocenters. The number of hydrogen-bond acceptors (Lipinski definition) is 7. The van der Waals surface area contributed by atoms with Gasteiger partial charge in [-0.3, -0.25) is 14.3 Å². The number of rotatable bonds is 5. The molecule has 0 saturated carbocycles. The molecule has 9 nitrogen and oxygen atoms in total. The molecule has 1 unspecified atom stereocenters. The Kier molecular flexibility index (Phi) is 4.79. The fraction of sp³-hybridized carbons (Fsp3) is 0.556. The second-order valence-electron chi connectivity index (χ2n) is 7.32. The molecule has 3 aromatic rings. The Labute approximate surface area is 157 Å². The second-order valence-corrected chi connectivity index (χ2v) is 7.32. The van der Waals surface area contributed by atoms with E-state index < -0.39 is 6.10 Å². The number of fused-ring (bicyclic) bond motifs is 1. The lowest BCUT2D eigenvalue weighted by Crippen LogP contribution is -2.23. The van der Waals surface area contributed by atoms with Gasteiger partial charge in [-0.15, -0.1) is 10.2 Å². The van der Waals surface area contributed by atoms with Crippen molar-refractivity contribution in [3.05, 3.63) is 47.2 Å². The maximum absolute atomic E-state index is 10.7. The third-order valence-corrected chi connectivity index (χ3v) is 4.87. The van der Waals surface area contributed by atoms with Crippen LogP contribution in [0.5, 0.6) is 0 Å². The monoisotopic (exact) mass is 371 g/mol. The van der Waals surface area contributed by atoms with Gasteiger partial charge in [0.15, 0.2) is 0 Å². The fourth-order valence-electron chi connectivity index (χ4n) is 3.38. The van der Waals surface area contributed by atoms with E-state index in [-0.39, 0.29) is 5.92 Å². The third-order valence-electron chi connectivity index (χ3n) is 4.87. The summed E-state index contributed by atoms with van der Waals surface area (Å²) in [5.74, 6) is 1.54. The predicted octanol–water partition coefficient (Wildman–Crippen LogP) is 1.61. The van der Waals surface area contributed by atoms with Gasteiger partial charge in [0.05, 0.1) is 23.6 Å². The van der Waals surface area contributed by atoms with Crippen molar-refractivity contribution in [2.45, 2.75) is 51.9 Å². The van der Waals surface area contributed by atoms with Crippen molar-refractivity contribution >= 4 is 0 Å². The zero-order valence-electron chi connectivity index (χ0n) is 15.9. The summed E-state index contributed by atoms with van der Waals surface area (Å²) in [7, 11) is 1.82. The van der Waals surface area contributed by atoms with Gasteiger partial charge in [0.25, 0.3) is 0 Å². The summed E-state index contributed by atoms with van der Waals surface area (Å²) in [5.41, 5.74) is 2.45. The van der Waals surface area contributed by atoms with Crippen LogP contribution in [-0.2, 0) is 26.7 Å². The summed E-state index contributed by atoms with van der Waals surface area (Å²) in [6.45, 7) is 7.18. The van der Waals surface area contributed by atoms with Gasteiger partial charge in [0.1, 0.15) is 6.10 Å². The maximum Gasteiger partial charge on any atom is 0.230 e. The molecule has 0 fully saturated rings. The van der Waals surface area contributed by atoms with Gasteiger partial charge in [-0.05, 0) is 18.6 Å². The van der Waals surface area contributed by atoms with Gasteiger partial charge in [-0.2, -0.15) is 10.2 Å². The Balaban J connectivity index is 1.50. The second kappa shape index (κ2) is 7.24. The largest absolute Gasteiger partial charge is 0.424 e. The highest BCUT2D eigenvalue weighted by atomic mass is 16.4. The maximum atomic E-state index is 10.7. The molecule has 27 heavy (non-hydrogen) atoms. The summed E-state index contributed by atoms with van der Waals surface area (Å²) in [6.07, 6.45) is 1.87. The zero-order valence-corrected chi connectivity index (χ0v) is 15.9. The Morgan fingerprint density at radius 2 is 2.11 bits per heavy atom. The van der Waals surface area contributed by atoms with E-state index in [1.807, 2.05) is 37.7 Å². The smallest absolute Gasteiger partial charge is 0.230 e. The summed E-state index contributed by atoms with van der Waals surface area (Å²) in [5, 5.41) is 27.7. The number of aliphatic hydroxyl groups is 1. The Bertz CT molecular complexity index is 911. The molecule has 9 heteroatoms. The lowest BCUT2D eigenvalue weighted by atomic mass is 10.2. The minimum absolute atomic E-state index is 0.230. The minimum Gasteiger partial charge on any atom is -0.424 e. The fourth-order valence-corrected chi connectivity index (χ4v) is 3.38. The van der Waals surface area contributed by atoms with Crippen LogP contribution in [0.15, 0.2) is 22.7 Å². The average Bonchev–Trinajstić information content (AvgIpc) is 3.33. The van der Waals surface area contributed by atoms with Gasteiger partial charge in [-0.25, -0.2) is 0 Å². The number of nitrogens with zero attached hydrogens (tertiary/aromatic N) is 7. The van der Waals surface area contributed by atoms with Gasteiger partial charge < -0.3 is 9.52 Å². The van der Waals surface area contributed by atoms with E-state index in [1.54, 1.807) is 10.9 Å². The number of aliphatic hydroxyl groups excluding tert-OH is 1. The standard InChI is InChI=1S/C18H25N7O2/c1-12(2)18-21-20-16(27-18)11-24-7-4-8-25-13(10-24)9-14(22-25)17(26)15-5-6-19-23(15)3/h5-6,9,12,17,26H,4,7-8,10-11H2,1-3H3. The van der Waals surface area contributed by atoms with E-state index in [9.17, 15) is 5.11 Å². The molecule has 0 saturated heterocycles. The summed E-state index contributed by atoms with van der Waals surface area (Å²) in [6, 6.07) is 3.78. The molecular weight excluding hydrogens is 346 g/mol. The highest BCUT2D eigenvalue weighted by Crippen LogP contribution is 2.24. The van der Waals surface area contributed by atoms with Crippen LogP contribution in [0.1, 0.15) is 61.2 Å². The van der Waals surface area contributed by atoms with Crippen LogP contribution in [-0.4, -0.2) is 46.3 Å². The molecule has 0 radical (unpaired) electrons. The van der Waals surface area contributed by atoms with Gasteiger partial charge in [0, 0.05) is 38.8 Å². The molecule has 1 aliphatic heterocycles. The quantitative estimate of drug-likeness (QED) is 0.727. The summed E-state index contributed by atoms with van der Waals surface area (Å²) in [4.78, 5) is 2.28. The molecule has 0 aromatic carbocycles. The molecule has 0 amide bonds. The first-order chi connectivity index (χ1) is 13.0. The highest BCUT2D eigenvalue weighted by molar-refractivity contribution is 5.21. The van der Waals surface area contributed by atoms with Crippen LogP contribution in [0.3, 0.4) is 0 Å². The molecule has 1 aliphatic rings. The van der Waals surface area contributed by atoms with Crippen LogP contribution in [0.4, 0.5) is 0 Å². The predicted molar refractivity (Wildman–Crippen MR) is 96.6 cm³/mol. The number of aryl methyl sites for hydroxylation is 2. The van der Waals surface area contributed by atoms with E-state index in [4.69, 9.17) is 4.42 Å². The molecule has 0 bridgehead atoms. The number of hydrogen-bond donors (Lipinski definition) is 1. The Morgan fingerprint density at radius 1 is 1.26 bits per heavy atom. The first kappa shape index (κ1) is 17.9. The molecular formula is C18H25N7O2. The molecule has 3 aromatic heterocycles. The minimum atomic E-state index is -0.782. The summed E-state index contributed by atoms with van der Waals surface area (Å²) < 4.78 is 9.40. The van der Waals surface area contributed by atoms with Crippen LogP contribution >= 0.6 is 0 Å². The van der Waals surface area contributed by atoms with Gasteiger partial charge in [-0.1, -0.05) is 13.8 Å². The Hall–Kier alpha value is -2.52. The molecule has 1 N–H and O–H groups in total. The van der Waals surface area contributed by atoms with Crippen molar-refractivity contribution in [1.82, 2.24) is 34.7 Å². The highest BCUT2D eigenvalue weighted by Gasteiger charge is 2.23. The molecule has 0 aliphatic carbocycles. The number of aromatic nitrogens is 6. The average molecular weight is 371 g/mol. The van der Waals surface area contributed by atoms with Crippen LogP contribution in [0.2, 0.25) is 0 Å². The van der Waals surface area contributed by atoms with Gasteiger partial charge >= 0.3 is 0 Å². The molecule has 4 rings (SSSR count). The van der Waals surface area contributed by atoms with E-state index >= 15 is 0 Å².